The Morgan fingerprint density at radius 2 is 2.19 bits per heavy atom. The van der Waals surface area contributed by atoms with E-state index in [0.29, 0.717) is 22.8 Å². The molecule has 6 heteroatoms. The molecule has 0 amide bonds. The maximum Gasteiger partial charge on any atom is 0.414 e. The quantitative estimate of drug-likeness (QED) is 0.587. The van der Waals surface area contributed by atoms with E-state index < -0.39 is 10.9 Å². The van der Waals surface area contributed by atoms with E-state index in [0.717, 1.165) is 0 Å². The minimum absolute atomic E-state index is 0.159. The van der Waals surface area contributed by atoms with Crippen LogP contribution in [0.2, 0.25) is 0 Å². The molecule has 0 bridgehead atoms. The molecule has 0 spiro atoms. The first kappa shape index (κ1) is 10.6. The molecule has 0 aliphatic carbocycles. The summed E-state index contributed by atoms with van der Waals surface area (Å²) in [4.78, 5) is 21.3. The fraction of sp³-hybridized carbons (Fsp3) is 0.100. The van der Waals surface area contributed by atoms with Crippen LogP contribution >= 0.6 is 11.5 Å². The van der Waals surface area contributed by atoms with Gasteiger partial charge in [-0.15, -0.1) is 4.37 Å². The van der Waals surface area contributed by atoms with Crippen LogP contribution in [0.5, 0.6) is 5.75 Å². The highest BCUT2D eigenvalue weighted by molar-refractivity contribution is 7.02. The van der Waals surface area contributed by atoms with Gasteiger partial charge >= 0.3 is 10.9 Å². The Labute approximate surface area is 94.5 Å². The molecular weight excluding hydrogens is 230 g/mol. The zero-order chi connectivity index (χ0) is 11.5. The largest absolute Gasteiger partial charge is 0.426 e. The topological polar surface area (TPSA) is 69.4 Å². The van der Waals surface area contributed by atoms with Crippen molar-refractivity contribution in [2.24, 2.45) is 0 Å². The molecular formula is C10H7NO4S. The SMILES string of the molecule is CC(=O)Oc1ccccc1-c1nsc(=O)o1. The zero-order valence-electron chi connectivity index (χ0n) is 8.30. The van der Waals surface area contributed by atoms with Crippen LogP contribution in [-0.4, -0.2) is 10.3 Å². The van der Waals surface area contributed by atoms with Crippen molar-refractivity contribution in [2.45, 2.75) is 6.92 Å². The Bertz CT molecular complexity index is 572. The summed E-state index contributed by atoms with van der Waals surface area (Å²) in [5, 5.41) is 0. The fourth-order valence-electron chi connectivity index (χ4n) is 1.19. The van der Waals surface area contributed by atoms with Gasteiger partial charge in [0.25, 0.3) is 0 Å². The molecule has 82 valence electrons. The summed E-state index contributed by atoms with van der Waals surface area (Å²) in [7, 11) is 0. The standard InChI is InChI=1S/C10H7NO4S/c1-6(12)14-8-5-3-2-4-7(8)9-11-16-10(13)15-9/h2-5H,1H3. The molecule has 1 aromatic carbocycles. The summed E-state index contributed by atoms with van der Waals surface area (Å²) in [5.74, 6) is 0.0425. The molecule has 0 radical (unpaired) electrons. The molecule has 2 rings (SSSR count). The summed E-state index contributed by atoms with van der Waals surface area (Å²) in [5.41, 5.74) is 0.482. The average molecular weight is 237 g/mol. The normalized spacial score (nSPS) is 10.1. The van der Waals surface area contributed by atoms with Gasteiger partial charge in [-0.1, -0.05) is 12.1 Å². The summed E-state index contributed by atoms with van der Waals surface area (Å²) in [6.45, 7) is 1.30. The first-order valence-corrected chi connectivity index (χ1v) is 5.19. The molecule has 1 heterocycles. The Balaban J connectivity index is 2.47. The van der Waals surface area contributed by atoms with Crippen molar-refractivity contribution in [1.82, 2.24) is 4.37 Å². The second-order valence-electron chi connectivity index (χ2n) is 2.93. The number of carbonyl (C=O) groups excluding carboxylic acids is 1. The van der Waals surface area contributed by atoms with Crippen LogP contribution in [0, 0.1) is 0 Å². The second kappa shape index (κ2) is 4.28. The zero-order valence-corrected chi connectivity index (χ0v) is 9.11. The predicted octanol–water partition coefficient (Wildman–Crippen LogP) is 1.69. The average Bonchev–Trinajstić information content (AvgIpc) is 2.65. The Hall–Kier alpha value is -1.95. The van der Waals surface area contributed by atoms with E-state index in [-0.39, 0.29) is 5.89 Å². The maximum absolute atomic E-state index is 10.9. The molecule has 0 atom stereocenters. The van der Waals surface area contributed by atoms with Gasteiger partial charge in [-0.3, -0.25) is 4.79 Å². The summed E-state index contributed by atoms with van der Waals surface area (Å²) in [6, 6.07) is 6.72. The monoisotopic (exact) mass is 237 g/mol. The minimum atomic E-state index is -0.493. The van der Waals surface area contributed by atoms with Crippen molar-refractivity contribution in [3.8, 4) is 17.2 Å². The van der Waals surface area contributed by atoms with Gasteiger partial charge in [0.05, 0.1) is 17.1 Å². The minimum Gasteiger partial charge on any atom is -0.426 e. The van der Waals surface area contributed by atoms with Crippen LogP contribution in [0.1, 0.15) is 6.92 Å². The van der Waals surface area contributed by atoms with E-state index in [9.17, 15) is 9.59 Å². The lowest BCUT2D eigenvalue weighted by Crippen LogP contribution is -2.02. The van der Waals surface area contributed by atoms with Gasteiger partial charge in [0.1, 0.15) is 5.75 Å². The number of benzene rings is 1. The molecule has 0 saturated carbocycles. The second-order valence-corrected chi connectivity index (χ2v) is 3.63. The molecule has 5 nitrogen and oxygen atoms in total. The lowest BCUT2D eigenvalue weighted by molar-refractivity contribution is -0.131. The third-order valence-corrected chi connectivity index (χ3v) is 2.24. The number of carbonyl (C=O) groups is 1. The fourth-order valence-corrected chi connectivity index (χ4v) is 1.60. The highest BCUT2D eigenvalue weighted by Gasteiger charge is 2.12. The van der Waals surface area contributed by atoms with Crippen LogP contribution in [-0.2, 0) is 4.79 Å². The van der Waals surface area contributed by atoms with E-state index in [1.54, 1.807) is 24.3 Å². The first-order valence-electron chi connectivity index (χ1n) is 4.41. The summed E-state index contributed by atoms with van der Waals surface area (Å²) < 4.78 is 13.7. The molecule has 0 saturated heterocycles. The number of ether oxygens (including phenoxy) is 1. The van der Waals surface area contributed by atoms with Gasteiger partial charge in [0.15, 0.2) is 0 Å². The molecule has 2 aromatic rings. The van der Waals surface area contributed by atoms with Crippen LogP contribution in [0.3, 0.4) is 0 Å². The van der Waals surface area contributed by atoms with Gasteiger partial charge in [0.2, 0.25) is 5.89 Å². The van der Waals surface area contributed by atoms with Crippen LogP contribution in [0.4, 0.5) is 0 Å². The van der Waals surface area contributed by atoms with Gasteiger partial charge in [0, 0.05) is 6.92 Å². The number of nitrogens with zero attached hydrogens (tertiary/aromatic N) is 1. The lowest BCUT2D eigenvalue weighted by Gasteiger charge is -2.04. The van der Waals surface area contributed by atoms with Crippen molar-refractivity contribution in [1.29, 1.82) is 0 Å². The van der Waals surface area contributed by atoms with Crippen LogP contribution in [0.15, 0.2) is 33.5 Å². The number of para-hydroxylation sites is 1. The lowest BCUT2D eigenvalue weighted by atomic mass is 10.2. The molecule has 0 N–H and O–H groups in total. The molecule has 1 aromatic heterocycles. The van der Waals surface area contributed by atoms with Gasteiger partial charge in [-0.2, -0.15) is 0 Å². The third kappa shape index (κ3) is 2.17. The van der Waals surface area contributed by atoms with Crippen LogP contribution in [0.25, 0.3) is 11.5 Å². The smallest absolute Gasteiger partial charge is 0.414 e. The Kier molecular flexibility index (Phi) is 2.82. The van der Waals surface area contributed by atoms with E-state index >= 15 is 0 Å². The van der Waals surface area contributed by atoms with Crippen molar-refractivity contribution in [3.63, 3.8) is 0 Å². The van der Waals surface area contributed by atoms with E-state index in [1.165, 1.54) is 6.92 Å². The van der Waals surface area contributed by atoms with E-state index in [4.69, 9.17) is 9.15 Å². The maximum atomic E-state index is 10.9. The number of hydrogen-bond acceptors (Lipinski definition) is 6. The Morgan fingerprint density at radius 3 is 2.81 bits per heavy atom. The summed E-state index contributed by atoms with van der Waals surface area (Å²) >= 11 is 0.714. The van der Waals surface area contributed by atoms with Gasteiger partial charge in [-0.05, 0) is 12.1 Å². The van der Waals surface area contributed by atoms with E-state index in [2.05, 4.69) is 4.37 Å². The molecule has 0 unspecified atom stereocenters. The molecule has 0 aliphatic heterocycles. The van der Waals surface area contributed by atoms with E-state index in [1.807, 2.05) is 0 Å². The third-order valence-electron chi connectivity index (χ3n) is 1.75. The molecule has 0 aliphatic rings. The highest BCUT2D eigenvalue weighted by atomic mass is 32.1. The molecule has 0 fully saturated rings. The highest BCUT2D eigenvalue weighted by Crippen LogP contribution is 2.28. The van der Waals surface area contributed by atoms with Gasteiger partial charge in [-0.25, -0.2) is 4.79 Å². The Morgan fingerprint density at radius 1 is 1.44 bits per heavy atom. The first-order chi connectivity index (χ1) is 7.66. The van der Waals surface area contributed by atoms with Crippen molar-refractivity contribution in [2.75, 3.05) is 0 Å². The van der Waals surface area contributed by atoms with Crippen molar-refractivity contribution in [3.05, 3.63) is 34.0 Å². The van der Waals surface area contributed by atoms with Crippen LogP contribution < -0.4 is 9.68 Å². The van der Waals surface area contributed by atoms with Crippen molar-refractivity contribution >= 4 is 17.5 Å². The predicted molar refractivity (Wildman–Crippen MR) is 57.4 cm³/mol. The number of esters is 1. The number of hydrogen-bond donors (Lipinski definition) is 0. The van der Waals surface area contributed by atoms with Crippen molar-refractivity contribution < 1.29 is 13.9 Å². The number of rotatable bonds is 2. The molecule has 16 heavy (non-hydrogen) atoms. The number of aromatic nitrogens is 1. The summed E-state index contributed by atoms with van der Waals surface area (Å²) in [6.07, 6.45) is 0. The van der Waals surface area contributed by atoms with Gasteiger partial charge < -0.3 is 9.15 Å².